The molecule has 2 aromatic heterocycles. The second-order valence-corrected chi connectivity index (χ2v) is 5.01. The lowest BCUT2D eigenvalue weighted by molar-refractivity contribution is 0.556. The molecule has 0 fully saturated rings. The average Bonchev–Trinajstić information content (AvgIpc) is 2.99. The number of nitrogens with zero attached hydrogens (tertiary/aromatic N) is 2. The summed E-state index contributed by atoms with van der Waals surface area (Å²) in [5, 5.41) is 12.1. The van der Waals surface area contributed by atoms with Gasteiger partial charge in [0.15, 0.2) is 0 Å². The smallest absolute Gasteiger partial charge is 0.0522 e. The summed E-state index contributed by atoms with van der Waals surface area (Å²) in [6.07, 6.45) is 6.23. The summed E-state index contributed by atoms with van der Waals surface area (Å²) >= 11 is 1.76. The predicted molar refractivity (Wildman–Crippen MR) is 72.5 cm³/mol. The quantitative estimate of drug-likeness (QED) is 0.851. The monoisotopic (exact) mass is 249 g/mol. The van der Waals surface area contributed by atoms with Crippen molar-refractivity contribution in [1.29, 1.82) is 0 Å². The molecular formula is C13H19N3S. The van der Waals surface area contributed by atoms with Crippen molar-refractivity contribution in [2.45, 2.75) is 32.4 Å². The molecule has 1 N–H and O–H groups in total. The Kier molecular flexibility index (Phi) is 4.34. The second kappa shape index (κ2) is 5.98. The van der Waals surface area contributed by atoms with Crippen LogP contribution in [0.15, 0.2) is 29.2 Å². The SMILES string of the molecule is CCn1cc(CC(Cc2ccsc2)NC)cn1. The normalized spacial score (nSPS) is 12.8. The van der Waals surface area contributed by atoms with Crippen LogP contribution in [0.2, 0.25) is 0 Å². The highest BCUT2D eigenvalue weighted by Gasteiger charge is 2.10. The predicted octanol–water partition coefficient (Wildman–Crippen LogP) is 2.34. The zero-order chi connectivity index (χ0) is 12.1. The molecule has 2 aromatic rings. The lowest BCUT2D eigenvalue weighted by atomic mass is 10.0. The van der Waals surface area contributed by atoms with Gasteiger partial charge in [-0.05, 0) is 54.8 Å². The number of hydrogen-bond acceptors (Lipinski definition) is 3. The number of rotatable bonds is 6. The number of aryl methyl sites for hydroxylation is 1. The van der Waals surface area contributed by atoms with Crippen molar-refractivity contribution in [2.75, 3.05) is 7.05 Å². The first kappa shape index (κ1) is 12.3. The maximum Gasteiger partial charge on any atom is 0.0522 e. The van der Waals surface area contributed by atoms with Crippen LogP contribution in [-0.2, 0) is 19.4 Å². The third-order valence-corrected chi connectivity index (χ3v) is 3.70. The second-order valence-electron chi connectivity index (χ2n) is 4.23. The van der Waals surface area contributed by atoms with Crippen LogP contribution in [-0.4, -0.2) is 22.9 Å². The fraction of sp³-hybridized carbons (Fsp3) is 0.462. The van der Waals surface area contributed by atoms with Crippen molar-refractivity contribution in [3.8, 4) is 0 Å². The van der Waals surface area contributed by atoms with Crippen molar-refractivity contribution in [1.82, 2.24) is 15.1 Å². The average molecular weight is 249 g/mol. The third kappa shape index (κ3) is 3.41. The molecule has 3 nitrogen and oxygen atoms in total. The minimum Gasteiger partial charge on any atom is -0.316 e. The van der Waals surface area contributed by atoms with Gasteiger partial charge in [0, 0.05) is 18.8 Å². The molecule has 0 amide bonds. The number of hydrogen-bond donors (Lipinski definition) is 1. The van der Waals surface area contributed by atoms with E-state index in [2.05, 4.69) is 40.4 Å². The van der Waals surface area contributed by atoms with E-state index < -0.39 is 0 Å². The molecule has 0 saturated heterocycles. The third-order valence-electron chi connectivity index (χ3n) is 2.96. The zero-order valence-electron chi connectivity index (χ0n) is 10.4. The lowest BCUT2D eigenvalue weighted by Gasteiger charge is -2.14. The molecule has 0 aliphatic carbocycles. The Morgan fingerprint density at radius 1 is 1.41 bits per heavy atom. The maximum absolute atomic E-state index is 4.31. The Morgan fingerprint density at radius 3 is 2.82 bits per heavy atom. The molecule has 0 aromatic carbocycles. The number of thiophene rings is 1. The lowest BCUT2D eigenvalue weighted by Crippen LogP contribution is -2.29. The Labute approximate surface area is 106 Å². The minimum absolute atomic E-state index is 0.485. The van der Waals surface area contributed by atoms with E-state index in [4.69, 9.17) is 0 Å². The number of likely N-dealkylation sites (N-methyl/N-ethyl adjacent to an activating group) is 1. The van der Waals surface area contributed by atoms with Gasteiger partial charge in [-0.1, -0.05) is 0 Å². The summed E-state index contributed by atoms with van der Waals surface area (Å²) in [6.45, 7) is 3.05. The molecule has 0 saturated carbocycles. The minimum atomic E-state index is 0.485. The molecule has 2 heterocycles. The molecule has 4 heteroatoms. The van der Waals surface area contributed by atoms with Crippen molar-refractivity contribution in [2.24, 2.45) is 0 Å². The van der Waals surface area contributed by atoms with Gasteiger partial charge in [0.1, 0.15) is 0 Å². The standard InChI is InChI=1S/C13H19N3S/c1-3-16-9-12(8-15-16)7-13(14-2)6-11-4-5-17-10-11/h4-5,8-10,13-14H,3,6-7H2,1-2H3. The first-order valence-corrected chi connectivity index (χ1v) is 6.95. The van der Waals surface area contributed by atoms with E-state index in [1.165, 1.54) is 11.1 Å². The number of aromatic nitrogens is 2. The van der Waals surface area contributed by atoms with Crippen LogP contribution in [0.5, 0.6) is 0 Å². The van der Waals surface area contributed by atoms with E-state index in [0.717, 1.165) is 19.4 Å². The van der Waals surface area contributed by atoms with E-state index >= 15 is 0 Å². The molecule has 17 heavy (non-hydrogen) atoms. The van der Waals surface area contributed by atoms with Crippen LogP contribution in [0.1, 0.15) is 18.1 Å². The van der Waals surface area contributed by atoms with E-state index in [-0.39, 0.29) is 0 Å². The van der Waals surface area contributed by atoms with Gasteiger partial charge in [-0.15, -0.1) is 0 Å². The summed E-state index contributed by atoms with van der Waals surface area (Å²) in [6, 6.07) is 2.68. The van der Waals surface area contributed by atoms with E-state index in [1.54, 1.807) is 11.3 Å². The van der Waals surface area contributed by atoms with Crippen molar-refractivity contribution in [3.63, 3.8) is 0 Å². The van der Waals surface area contributed by atoms with Crippen LogP contribution >= 0.6 is 11.3 Å². The fourth-order valence-corrected chi connectivity index (χ4v) is 2.62. The van der Waals surface area contributed by atoms with Crippen LogP contribution in [0.3, 0.4) is 0 Å². The van der Waals surface area contributed by atoms with Crippen LogP contribution < -0.4 is 5.32 Å². The molecule has 0 bridgehead atoms. The fourth-order valence-electron chi connectivity index (χ4n) is 1.94. The highest BCUT2D eigenvalue weighted by molar-refractivity contribution is 7.07. The van der Waals surface area contributed by atoms with Gasteiger partial charge >= 0.3 is 0 Å². The van der Waals surface area contributed by atoms with E-state index in [1.807, 2.05) is 17.9 Å². The molecule has 0 radical (unpaired) electrons. The van der Waals surface area contributed by atoms with Crippen LogP contribution in [0.25, 0.3) is 0 Å². The Balaban J connectivity index is 1.95. The molecule has 1 atom stereocenters. The van der Waals surface area contributed by atoms with Crippen LogP contribution in [0.4, 0.5) is 0 Å². The molecule has 0 aliphatic heterocycles. The Bertz CT molecular complexity index is 433. The van der Waals surface area contributed by atoms with Gasteiger partial charge in [-0.25, -0.2) is 0 Å². The molecule has 0 spiro atoms. The largest absolute Gasteiger partial charge is 0.316 e. The highest BCUT2D eigenvalue weighted by Crippen LogP contribution is 2.11. The summed E-state index contributed by atoms with van der Waals surface area (Å²) in [5.74, 6) is 0. The van der Waals surface area contributed by atoms with Crippen LogP contribution in [0, 0.1) is 0 Å². The topological polar surface area (TPSA) is 29.9 Å². The van der Waals surface area contributed by atoms with Crippen molar-refractivity contribution < 1.29 is 0 Å². The van der Waals surface area contributed by atoms with Crippen molar-refractivity contribution >= 4 is 11.3 Å². The Morgan fingerprint density at radius 2 is 2.24 bits per heavy atom. The van der Waals surface area contributed by atoms with Gasteiger partial charge < -0.3 is 5.32 Å². The van der Waals surface area contributed by atoms with Gasteiger partial charge in [0.05, 0.1) is 6.20 Å². The Hall–Kier alpha value is -1.13. The van der Waals surface area contributed by atoms with Gasteiger partial charge in [0.25, 0.3) is 0 Å². The molecule has 1 unspecified atom stereocenters. The van der Waals surface area contributed by atoms with Gasteiger partial charge in [-0.2, -0.15) is 16.4 Å². The highest BCUT2D eigenvalue weighted by atomic mass is 32.1. The summed E-state index contributed by atoms with van der Waals surface area (Å²) in [4.78, 5) is 0. The summed E-state index contributed by atoms with van der Waals surface area (Å²) in [7, 11) is 2.03. The molecule has 2 rings (SSSR count). The van der Waals surface area contributed by atoms with E-state index in [9.17, 15) is 0 Å². The van der Waals surface area contributed by atoms with E-state index in [0.29, 0.717) is 6.04 Å². The zero-order valence-corrected chi connectivity index (χ0v) is 11.2. The first-order chi connectivity index (χ1) is 8.31. The summed E-state index contributed by atoms with van der Waals surface area (Å²) in [5.41, 5.74) is 2.72. The number of nitrogens with one attached hydrogen (secondary N) is 1. The van der Waals surface area contributed by atoms with Crippen molar-refractivity contribution in [3.05, 3.63) is 40.3 Å². The van der Waals surface area contributed by atoms with Gasteiger partial charge in [0.2, 0.25) is 0 Å². The maximum atomic E-state index is 4.31. The summed E-state index contributed by atoms with van der Waals surface area (Å²) < 4.78 is 1.98. The molecule has 92 valence electrons. The molecule has 0 aliphatic rings. The molecular weight excluding hydrogens is 230 g/mol. The van der Waals surface area contributed by atoms with Gasteiger partial charge in [-0.3, -0.25) is 4.68 Å². The first-order valence-electron chi connectivity index (χ1n) is 6.01.